The molecule has 0 aromatic heterocycles. The highest BCUT2D eigenvalue weighted by Gasteiger charge is 2.29. The molecule has 1 saturated carbocycles. The summed E-state index contributed by atoms with van der Waals surface area (Å²) in [6.45, 7) is 2.81. The van der Waals surface area contributed by atoms with Crippen LogP contribution < -0.4 is 10.6 Å². The minimum Gasteiger partial charge on any atom is -0.392 e. The molecule has 0 aromatic rings. The Bertz CT molecular complexity index is 249. The number of amides is 1. The Morgan fingerprint density at radius 2 is 2.00 bits per heavy atom. The van der Waals surface area contributed by atoms with Gasteiger partial charge >= 0.3 is 0 Å². The van der Waals surface area contributed by atoms with Crippen molar-refractivity contribution < 1.29 is 9.90 Å². The molecule has 0 spiro atoms. The first-order chi connectivity index (χ1) is 7.65. The number of rotatable bonds is 2. The summed E-state index contributed by atoms with van der Waals surface area (Å²) in [6, 6.07) is 0.164. The van der Waals surface area contributed by atoms with Gasteiger partial charge in [0.15, 0.2) is 0 Å². The second-order valence-corrected chi connectivity index (χ2v) is 5.32. The molecule has 0 bridgehead atoms. The van der Waals surface area contributed by atoms with E-state index >= 15 is 0 Å². The van der Waals surface area contributed by atoms with E-state index in [2.05, 4.69) is 17.6 Å². The average Bonchev–Trinajstić information content (AvgIpc) is 2.68. The van der Waals surface area contributed by atoms with E-state index in [1.807, 2.05) is 0 Å². The van der Waals surface area contributed by atoms with Crippen LogP contribution in [0, 0.1) is 5.92 Å². The fourth-order valence-electron chi connectivity index (χ4n) is 2.62. The standard InChI is InChI=1S/C12H22N2O2/c1-8-2-4-9(5-3-8)14-12(16)11-6-10(15)7-13-11/h8-11,13,15H,2-7H2,1H3,(H,14,16)/t8-,9-,10-,11-/m1/s1. The maximum absolute atomic E-state index is 11.9. The average molecular weight is 226 g/mol. The monoisotopic (exact) mass is 226 g/mol. The summed E-state index contributed by atoms with van der Waals surface area (Å²) >= 11 is 0. The quantitative estimate of drug-likeness (QED) is 0.639. The van der Waals surface area contributed by atoms with Crippen molar-refractivity contribution in [2.75, 3.05) is 6.54 Å². The predicted octanol–water partition coefficient (Wildman–Crippen LogP) is 0.404. The Morgan fingerprint density at radius 1 is 1.31 bits per heavy atom. The maximum Gasteiger partial charge on any atom is 0.237 e. The number of nitrogens with one attached hydrogen (secondary N) is 2. The molecule has 92 valence electrons. The van der Waals surface area contributed by atoms with Crippen LogP contribution in [0.1, 0.15) is 39.0 Å². The molecule has 2 fully saturated rings. The lowest BCUT2D eigenvalue weighted by atomic mass is 9.87. The fraction of sp³-hybridized carbons (Fsp3) is 0.917. The zero-order valence-corrected chi connectivity index (χ0v) is 9.91. The Hall–Kier alpha value is -0.610. The molecular weight excluding hydrogens is 204 g/mol. The molecular formula is C12H22N2O2. The van der Waals surface area contributed by atoms with Gasteiger partial charge < -0.3 is 15.7 Å². The summed E-state index contributed by atoms with van der Waals surface area (Å²) in [7, 11) is 0. The number of aliphatic hydroxyl groups excluding tert-OH is 1. The second kappa shape index (κ2) is 5.15. The molecule has 0 radical (unpaired) electrons. The smallest absolute Gasteiger partial charge is 0.237 e. The zero-order chi connectivity index (χ0) is 11.5. The van der Waals surface area contributed by atoms with Crippen molar-refractivity contribution in [2.24, 2.45) is 5.92 Å². The highest BCUT2D eigenvalue weighted by molar-refractivity contribution is 5.82. The lowest BCUT2D eigenvalue weighted by Gasteiger charge is -2.27. The van der Waals surface area contributed by atoms with Crippen LogP contribution in [0.3, 0.4) is 0 Å². The van der Waals surface area contributed by atoms with Crippen molar-refractivity contribution in [3.63, 3.8) is 0 Å². The van der Waals surface area contributed by atoms with Crippen molar-refractivity contribution in [1.29, 1.82) is 0 Å². The summed E-state index contributed by atoms with van der Waals surface area (Å²) in [5.74, 6) is 0.871. The van der Waals surface area contributed by atoms with E-state index in [1.165, 1.54) is 12.8 Å². The zero-order valence-electron chi connectivity index (χ0n) is 9.91. The minimum atomic E-state index is -0.359. The lowest BCUT2D eigenvalue weighted by molar-refractivity contribution is -0.123. The third kappa shape index (κ3) is 2.95. The van der Waals surface area contributed by atoms with Gasteiger partial charge in [-0.15, -0.1) is 0 Å². The Kier molecular flexibility index (Phi) is 3.82. The normalized spacial score (nSPS) is 39.6. The molecule has 4 nitrogen and oxygen atoms in total. The molecule has 1 saturated heterocycles. The number of carbonyl (C=O) groups excluding carboxylic acids is 1. The summed E-state index contributed by atoms with van der Waals surface area (Å²) in [6.07, 6.45) is 4.82. The second-order valence-electron chi connectivity index (χ2n) is 5.32. The van der Waals surface area contributed by atoms with Crippen LogP contribution in [0.2, 0.25) is 0 Å². The Balaban J connectivity index is 1.75. The van der Waals surface area contributed by atoms with Gasteiger partial charge in [0.25, 0.3) is 0 Å². The maximum atomic E-state index is 11.9. The van der Waals surface area contributed by atoms with Crippen LogP contribution >= 0.6 is 0 Å². The summed E-state index contributed by atoms with van der Waals surface area (Å²) in [5, 5.41) is 15.5. The summed E-state index contributed by atoms with van der Waals surface area (Å²) in [4.78, 5) is 11.9. The number of hydrogen-bond acceptors (Lipinski definition) is 3. The first kappa shape index (κ1) is 11.9. The minimum absolute atomic E-state index is 0.0658. The van der Waals surface area contributed by atoms with Crippen LogP contribution in [-0.4, -0.2) is 35.7 Å². The van der Waals surface area contributed by atoms with E-state index < -0.39 is 0 Å². The van der Waals surface area contributed by atoms with Gasteiger partial charge in [-0.2, -0.15) is 0 Å². The molecule has 0 unspecified atom stereocenters. The summed E-state index contributed by atoms with van der Waals surface area (Å²) < 4.78 is 0. The molecule has 16 heavy (non-hydrogen) atoms. The highest BCUT2D eigenvalue weighted by Crippen LogP contribution is 2.23. The Labute approximate surface area is 96.8 Å². The number of hydrogen-bond donors (Lipinski definition) is 3. The molecule has 1 aliphatic heterocycles. The van der Waals surface area contributed by atoms with Crippen molar-refractivity contribution in [3.8, 4) is 0 Å². The number of aliphatic hydroxyl groups is 1. The fourth-order valence-corrected chi connectivity index (χ4v) is 2.62. The third-order valence-electron chi connectivity index (χ3n) is 3.79. The van der Waals surface area contributed by atoms with Gasteiger partial charge in [-0.25, -0.2) is 0 Å². The van der Waals surface area contributed by atoms with E-state index in [-0.39, 0.29) is 18.1 Å². The van der Waals surface area contributed by atoms with Gasteiger partial charge in [0.2, 0.25) is 5.91 Å². The van der Waals surface area contributed by atoms with E-state index in [9.17, 15) is 9.90 Å². The predicted molar refractivity (Wildman–Crippen MR) is 62.0 cm³/mol. The molecule has 1 heterocycles. The first-order valence-electron chi connectivity index (χ1n) is 6.37. The largest absolute Gasteiger partial charge is 0.392 e. The van der Waals surface area contributed by atoms with Crippen molar-refractivity contribution in [1.82, 2.24) is 10.6 Å². The SMILES string of the molecule is C[C@H]1CC[C@H](NC(=O)[C@H]2C[C@@H](O)CN2)CC1. The molecule has 2 rings (SSSR count). The molecule has 1 amide bonds. The van der Waals surface area contributed by atoms with Crippen LogP contribution in [0.25, 0.3) is 0 Å². The molecule has 4 heteroatoms. The van der Waals surface area contributed by atoms with E-state index in [4.69, 9.17) is 0 Å². The summed E-state index contributed by atoms with van der Waals surface area (Å²) in [5.41, 5.74) is 0. The lowest BCUT2D eigenvalue weighted by Crippen LogP contribution is -2.46. The van der Waals surface area contributed by atoms with Crippen molar-refractivity contribution >= 4 is 5.91 Å². The molecule has 2 aliphatic rings. The van der Waals surface area contributed by atoms with E-state index in [1.54, 1.807) is 0 Å². The van der Waals surface area contributed by atoms with Crippen molar-refractivity contribution in [3.05, 3.63) is 0 Å². The van der Waals surface area contributed by atoms with E-state index in [0.717, 1.165) is 18.8 Å². The third-order valence-corrected chi connectivity index (χ3v) is 3.79. The number of carbonyl (C=O) groups is 1. The van der Waals surface area contributed by atoms with Crippen LogP contribution in [-0.2, 0) is 4.79 Å². The number of β-amino-alcohol motifs (C(OH)–C–C–N with tert-alkyl or cyclic N) is 1. The molecule has 3 N–H and O–H groups in total. The van der Waals surface area contributed by atoms with Crippen LogP contribution in [0.5, 0.6) is 0 Å². The van der Waals surface area contributed by atoms with Gasteiger partial charge in [-0.1, -0.05) is 6.92 Å². The van der Waals surface area contributed by atoms with Crippen LogP contribution in [0.15, 0.2) is 0 Å². The van der Waals surface area contributed by atoms with Crippen molar-refractivity contribution in [2.45, 2.75) is 57.2 Å². The van der Waals surface area contributed by atoms with Crippen LogP contribution in [0.4, 0.5) is 0 Å². The van der Waals surface area contributed by atoms with E-state index in [0.29, 0.717) is 19.0 Å². The van der Waals surface area contributed by atoms with Gasteiger partial charge in [-0.3, -0.25) is 4.79 Å². The van der Waals surface area contributed by atoms with Gasteiger partial charge in [0.05, 0.1) is 12.1 Å². The van der Waals surface area contributed by atoms with Gasteiger partial charge in [0.1, 0.15) is 0 Å². The molecule has 0 aromatic carbocycles. The highest BCUT2D eigenvalue weighted by atomic mass is 16.3. The first-order valence-corrected chi connectivity index (χ1v) is 6.37. The Morgan fingerprint density at radius 3 is 2.56 bits per heavy atom. The molecule has 1 aliphatic carbocycles. The topological polar surface area (TPSA) is 61.4 Å². The van der Waals surface area contributed by atoms with Gasteiger partial charge in [0, 0.05) is 12.6 Å². The van der Waals surface area contributed by atoms with Gasteiger partial charge in [-0.05, 0) is 38.0 Å². The molecule has 2 atom stereocenters.